The van der Waals surface area contributed by atoms with Gasteiger partial charge in [0.05, 0.1) is 40.0 Å². The molecular weight excluding hydrogens is 345 g/mol. The monoisotopic (exact) mass is 365 g/mol. The van der Waals surface area contributed by atoms with E-state index >= 15 is 0 Å². The van der Waals surface area contributed by atoms with E-state index in [0.29, 0.717) is 6.02 Å². The summed E-state index contributed by atoms with van der Waals surface area (Å²) in [6, 6.07) is 0.465. The molecule has 0 aromatic heterocycles. The average molecular weight is 365 g/mol. The van der Waals surface area contributed by atoms with Gasteiger partial charge in [0.25, 0.3) is 11.8 Å². The maximum absolute atomic E-state index is 12.5. The summed E-state index contributed by atoms with van der Waals surface area (Å²) in [6.45, 7) is 0. The summed E-state index contributed by atoms with van der Waals surface area (Å²) in [5.41, 5.74) is 0. The summed E-state index contributed by atoms with van der Waals surface area (Å²) in [6.07, 6.45) is 5.07. The molecule has 2 bridgehead atoms. The minimum Gasteiger partial charge on any atom is -1.00 e. The van der Waals surface area contributed by atoms with Gasteiger partial charge in [-0.15, -0.1) is 0 Å². The van der Waals surface area contributed by atoms with Gasteiger partial charge in [0.1, 0.15) is 0 Å². The molecule has 2 amide bonds. The van der Waals surface area contributed by atoms with E-state index in [-0.39, 0.29) is 40.2 Å². The Kier molecular flexibility index (Phi) is 6.61. The van der Waals surface area contributed by atoms with Crippen LogP contribution in [0.1, 0.15) is 6.42 Å². The second-order valence-corrected chi connectivity index (χ2v) is 6.38. The highest BCUT2D eigenvalue weighted by molar-refractivity contribution is 6.33. The third-order valence-corrected chi connectivity index (χ3v) is 4.37. The quantitative estimate of drug-likeness (QED) is 0.101. The molecule has 11 heteroatoms. The van der Waals surface area contributed by atoms with Crippen molar-refractivity contribution in [3.8, 4) is 0 Å². The first-order valence-electron chi connectivity index (χ1n) is 7.53. The third-order valence-electron chi connectivity index (χ3n) is 4.37. The first-order valence-corrected chi connectivity index (χ1v) is 7.53. The zero-order valence-electron chi connectivity index (χ0n) is 14.3. The predicted molar refractivity (Wildman–Crippen MR) is 80.5 cm³/mol. The Bertz CT molecular complexity index is 563. The number of allylic oxidation sites excluding steroid dienone is 2. The molecule has 6 nitrogen and oxygen atoms in total. The minimum atomic E-state index is -3.67. The zero-order valence-corrected chi connectivity index (χ0v) is 14.3. The van der Waals surface area contributed by atoms with Crippen LogP contribution in [-0.4, -0.2) is 68.1 Å². The summed E-state index contributed by atoms with van der Waals surface area (Å²) in [4.78, 5) is 32.3. The van der Waals surface area contributed by atoms with E-state index in [0.717, 1.165) is 11.5 Å². The minimum absolute atomic E-state index is 0. The van der Waals surface area contributed by atoms with Gasteiger partial charge < -0.3 is 4.70 Å². The Labute approximate surface area is 143 Å². The fourth-order valence-corrected chi connectivity index (χ4v) is 3.61. The molecular formula is C14H20BF4N3O3. The average Bonchev–Trinajstić information content (AvgIpc) is 3.11. The fourth-order valence-electron chi connectivity index (χ4n) is 3.61. The Morgan fingerprint density at radius 2 is 1.56 bits per heavy atom. The Morgan fingerprint density at radius 3 is 1.88 bits per heavy atom. The van der Waals surface area contributed by atoms with Crippen LogP contribution in [0.15, 0.2) is 12.2 Å². The maximum atomic E-state index is 12.5. The van der Waals surface area contributed by atoms with E-state index < -0.39 is 7.54 Å². The molecule has 0 N–H and O–H groups in total. The van der Waals surface area contributed by atoms with E-state index in [9.17, 15) is 22.5 Å². The van der Waals surface area contributed by atoms with E-state index in [1.807, 2.05) is 28.2 Å². The number of carbonyl (C=O) groups is 2. The van der Waals surface area contributed by atoms with Crippen molar-refractivity contribution in [3.05, 3.63) is 12.2 Å². The molecule has 140 valence electrons. The molecule has 0 radical (unpaired) electrons. The van der Waals surface area contributed by atoms with Crippen LogP contribution < -0.4 is 4.70 Å². The van der Waals surface area contributed by atoms with Crippen LogP contribution in [0.2, 0.25) is 0 Å². The number of carbonyl (C=O) groups excluding carboxylic acids is 2. The van der Waals surface area contributed by atoms with Crippen molar-refractivity contribution in [2.45, 2.75) is 6.42 Å². The van der Waals surface area contributed by atoms with Crippen molar-refractivity contribution in [1.82, 2.24) is 9.96 Å². The van der Waals surface area contributed by atoms with Crippen LogP contribution in [0.4, 0.5) is 12.9 Å². The first-order chi connectivity index (χ1) is 11.1. The zero-order chi connectivity index (χ0) is 18.2. The van der Waals surface area contributed by atoms with Gasteiger partial charge in [-0.1, -0.05) is 17.2 Å². The standard InChI is InChI=1S/C14H20N3O3.BF3.FH/c1-15(2)14(16(3)4)20-17-12(18)10-8-5-6-9(7-8)11(10)13(17)19;2-1(3)4;/h5-6,8-11H,7H2,1-4H3;;1H/q+1;;/p-1. The van der Waals surface area contributed by atoms with Gasteiger partial charge in [0.15, 0.2) is 0 Å². The predicted octanol–water partition coefficient (Wildman–Crippen LogP) is -2.20. The second-order valence-electron chi connectivity index (χ2n) is 6.38. The molecule has 2 aliphatic carbocycles. The highest BCUT2D eigenvalue weighted by Crippen LogP contribution is 2.52. The van der Waals surface area contributed by atoms with Gasteiger partial charge >= 0.3 is 13.6 Å². The molecule has 1 aliphatic heterocycles. The third kappa shape index (κ3) is 3.96. The summed E-state index contributed by atoms with van der Waals surface area (Å²) < 4.78 is 30.7. The molecule has 1 saturated carbocycles. The van der Waals surface area contributed by atoms with Crippen molar-refractivity contribution >= 4 is 25.4 Å². The number of fused-ring (bicyclic) bond motifs is 5. The lowest BCUT2D eigenvalue weighted by molar-refractivity contribution is -0.484. The van der Waals surface area contributed by atoms with Gasteiger partial charge in [-0.25, -0.2) is 9.48 Å². The highest BCUT2D eigenvalue weighted by Gasteiger charge is 2.61. The highest BCUT2D eigenvalue weighted by atomic mass is 19.4. The van der Waals surface area contributed by atoms with Gasteiger partial charge in [0.2, 0.25) is 0 Å². The van der Waals surface area contributed by atoms with Gasteiger partial charge in [-0.2, -0.15) is 0 Å². The Hall–Kier alpha value is -2.07. The molecule has 4 atom stereocenters. The number of nitrogens with zero attached hydrogens (tertiary/aromatic N) is 3. The number of hydrogen-bond acceptors (Lipinski definition) is 3. The van der Waals surface area contributed by atoms with Crippen molar-refractivity contribution in [2.75, 3.05) is 28.2 Å². The van der Waals surface area contributed by atoms with Crippen molar-refractivity contribution < 1.29 is 36.7 Å². The molecule has 25 heavy (non-hydrogen) atoms. The molecule has 3 rings (SSSR count). The molecule has 1 saturated heterocycles. The molecule has 1 heterocycles. The van der Waals surface area contributed by atoms with Crippen molar-refractivity contribution in [3.63, 3.8) is 0 Å². The van der Waals surface area contributed by atoms with E-state index in [1.165, 1.54) is 0 Å². The normalized spacial score (nSPS) is 28.0. The molecule has 4 unspecified atom stereocenters. The number of rotatable bonds is 1. The van der Waals surface area contributed by atoms with Crippen LogP contribution >= 0.6 is 0 Å². The summed E-state index contributed by atoms with van der Waals surface area (Å²) in [5, 5.41) is 0.969. The number of imide groups is 1. The van der Waals surface area contributed by atoms with Crippen LogP contribution in [0.3, 0.4) is 0 Å². The summed E-state index contributed by atoms with van der Waals surface area (Å²) >= 11 is 0. The van der Waals surface area contributed by atoms with Crippen LogP contribution in [-0.2, 0) is 14.4 Å². The van der Waals surface area contributed by atoms with Crippen molar-refractivity contribution in [2.24, 2.45) is 23.7 Å². The largest absolute Gasteiger partial charge is 1.00 e. The van der Waals surface area contributed by atoms with Crippen molar-refractivity contribution in [1.29, 1.82) is 0 Å². The van der Waals surface area contributed by atoms with E-state index in [1.54, 1.807) is 9.48 Å². The number of hydroxylamine groups is 2. The topological polar surface area (TPSA) is 52.9 Å². The SMILES string of the molecule is CN(C)C(ON1C(=O)C2C3C=CC(C3)C2C1=O)=[N+](C)C.FB(F)F.[F-]. The van der Waals surface area contributed by atoms with Crippen LogP contribution in [0, 0.1) is 23.7 Å². The number of amides is 2. The second kappa shape index (κ2) is 7.88. The smallest absolute Gasteiger partial charge is 0.762 e. The Morgan fingerprint density at radius 1 is 1.16 bits per heavy atom. The van der Waals surface area contributed by atoms with Gasteiger partial charge in [0, 0.05) is 0 Å². The maximum Gasteiger partial charge on any atom is 0.762 e. The van der Waals surface area contributed by atoms with Crippen LogP contribution in [0.5, 0.6) is 0 Å². The lowest BCUT2D eigenvalue weighted by Crippen LogP contribution is -3.00. The van der Waals surface area contributed by atoms with Crippen LogP contribution in [0.25, 0.3) is 0 Å². The summed E-state index contributed by atoms with van der Waals surface area (Å²) in [5.74, 6) is -0.420. The molecule has 3 aliphatic rings. The molecule has 2 fully saturated rings. The lowest BCUT2D eigenvalue weighted by Gasteiger charge is -2.18. The van der Waals surface area contributed by atoms with E-state index in [4.69, 9.17) is 4.84 Å². The number of amidine groups is 1. The number of halogens is 4. The lowest BCUT2D eigenvalue weighted by atomic mass is 9.85. The van der Waals surface area contributed by atoms with E-state index in [2.05, 4.69) is 12.2 Å². The molecule has 0 aromatic carbocycles. The first kappa shape index (κ1) is 21.0. The molecule has 0 spiro atoms. The fraction of sp³-hybridized carbons (Fsp3) is 0.643. The van der Waals surface area contributed by atoms with Gasteiger partial charge in [-0.3, -0.25) is 27.4 Å². The Balaban J connectivity index is 0.000000568. The summed E-state index contributed by atoms with van der Waals surface area (Å²) in [7, 11) is 3.58. The molecule has 0 aromatic rings. The van der Waals surface area contributed by atoms with Gasteiger partial charge in [-0.05, 0) is 18.3 Å². The number of hydrogen-bond donors (Lipinski definition) is 0.